The molecule has 55 heavy (non-hydrogen) atoms. The van der Waals surface area contributed by atoms with Gasteiger partial charge in [0.1, 0.15) is 0 Å². The Kier molecular flexibility index (Phi) is 12.3. The maximum absolute atomic E-state index is 12.7. The van der Waals surface area contributed by atoms with Crippen LogP contribution in [0.3, 0.4) is 0 Å². The van der Waals surface area contributed by atoms with Crippen LogP contribution >= 0.6 is 0 Å². The first-order valence-electron chi connectivity index (χ1n) is 18.9. The van der Waals surface area contributed by atoms with Gasteiger partial charge in [-0.1, -0.05) is 91.3 Å². The Morgan fingerprint density at radius 3 is 2.33 bits per heavy atom. The Hall–Kier alpha value is -5.81. The lowest BCUT2D eigenvalue weighted by Gasteiger charge is -2.36. The number of carbonyl (C=O) groups excluding carboxylic acids is 2. The summed E-state index contributed by atoms with van der Waals surface area (Å²) >= 11 is 0. The predicted octanol–water partition coefficient (Wildman–Crippen LogP) is 8.23. The minimum atomic E-state index is -0.601. The molecular weight excluding hydrogens is 691 g/mol. The second kappa shape index (κ2) is 18.0. The Balaban J connectivity index is 0.958. The number of aliphatic hydroxyl groups excluding tert-OH is 1. The number of amides is 2. The van der Waals surface area contributed by atoms with Gasteiger partial charge in [-0.15, -0.1) is 0 Å². The van der Waals surface area contributed by atoms with Gasteiger partial charge in [-0.05, 0) is 77.1 Å². The van der Waals surface area contributed by atoms with Gasteiger partial charge in [-0.3, -0.25) is 9.59 Å². The summed E-state index contributed by atoms with van der Waals surface area (Å²) in [7, 11) is 0. The number of ether oxygens (including phenoxy) is 2. The van der Waals surface area contributed by atoms with Crippen molar-refractivity contribution < 1.29 is 24.2 Å². The van der Waals surface area contributed by atoms with E-state index < -0.39 is 6.29 Å². The van der Waals surface area contributed by atoms with Gasteiger partial charge >= 0.3 is 0 Å². The number of carbonyl (C=O) groups is 2. The van der Waals surface area contributed by atoms with Crippen molar-refractivity contribution >= 4 is 34.2 Å². The van der Waals surface area contributed by atoms with Gasteiger partial charge in [0, 0.05) is 31.4 Å². The number of benzene rings is 5. The van der Waals surface area contributed by atoms with Gasteiger partial charge < -0.3 is 35.5 Å². The molecule has 5 N–H and O–H groups in total. The normalized spacial score (nSPS) is 16.9. The Morgan fingerprint density at radius 2 is 1.51 bits per heavy atom. The number of imidazole rings is 1. The highest BCUT2D eigenvalue weighted by molar-refractivity contribution is 5.93. The average Bonchev–Trinajstić information content (AvgIpc) is 3.63. The van der Waals surface area contributed by atoms with Crippen molar-refractivity contribution in [3.63, 3.8) is 0 Å². The molecule has 3 unspecified atom stereocenters. The molecule has 0 bridgehead atoms. The molecule has 282 valence electrons. The third-order valence-corrected chi connectivity index (χ3v) is 9.99. The van der Waals surface area contributed by atoms with Crippen molar-refractivity contribution in [3.05, 3.63) is 150 Å². The summed E-state index contributed by atoms with van der Waals surface area (Å²) < 4.78 is 15.5. The number of hydrogen-bond donors (Lipinski definition) is 4. The molecule has 1 aliphatic rings. The number of unbranched alkanes of at least 4 members (excludes halogenated alkanes) is 2. The molecule has 2 amide bonds. The van der Waals surface area contributed by atoms with Gasteiger partial charge in [-0.2, -0.15) is 0 Å². The molecule has 1 saturated heterocycles. The predicted molar refractivity (Wildman–Crippen MR) is 214 cm³/mol. The van der Waals surface area contributed by atoms with Crippen LogP contribution in [-0.2, 0) is 38.8 Å². The largest absolute Gasteiger partial charge is 0.397 e. The fourth-order valence-corrected chi connectivity index (χ4v) is 6.99. The number of fused-ring (bicyclic) bond motifs is 1. The minimum Gasteiger partial charge on any atom is -0.397 e. The van der Waals surface area contributed by atoms with Crippen molar-refractivity contribution in [1.29, 1.82) is 0 Å². The zero-order chi connectivity index (χ0) is 38.0. The summed E-state index contributed by atoms with van der Waals surface area (Å²) in [5.74, 6) is -0.0937. The van der Waals surface area contributed by atoms with Crippen molar-refractivity contribution in [2.75, 3.05) is 11.1 Å². The molecular formula is C45H47N5O5. The van der Waals surface area contributed by atoms with Crippen molar-refractivity contribution in [3.8, 4) is 11.1 Å². The van der Waals surface area contributed by atoms with Gasteiger partial charge in [0.15, 0.2) is 6.29 Å². The van der Waals surface area contributed by atoms with E-state index in [-0.39, 0.29) is 30.6 Å². The second-order valence-corrected chi connectivity index (χ2v) is 14.0. The van der Waals surface area contributed by atoms with Crippen LogP contribution in [0.15, 0.2) is 128 Å². The lowest BCUT2D eigenvalue weighted by molar-refractivity contribution is -0.252. The summed E-state index contributed by atoms with van der Waals surface area (Å²) in [6, 6.07) is 39.6. The molecule has 5 aromatic carbocycles. The first kappa shape index (κ1) is 37.5. The van der Waals surface area contributed by atoms with E-state index >= 15 is 0 Å². The number of nitrogens with zero attached hydrogens (tertiary/aromatic N) is 2. The van der Waals surface area contributed by atoms with Crippen molar-refractivity contribution in [1.82, 2.24) is 14.9 Å². The number of nitrogen functional groups attached to an aromatic ring is 1. The molecule has 0 spiro atoms. The monoisotopic (exact) mass is 737 g/mol. The smallest absolute Gasteiger partial charge is 0.224 e. The molecule has 1 aliphatic heterocycles. The topological polar surface area (TPSA) is 141 Å². The molecule has 2 heterocycles. The molecule has 0 aliphatic carbocycles. The fraction of sp³-hybridized carbons (Fsp3) is 0.267. The fourth-order valence-electron chi connectivity index (χ4n) is 6.99. The number of aromatic nitrogens is 2. The Morgan fingerprint density at radius 1 is 0.764 bits per heavy atom. The van der Waals surface area contributed by atoms with Crippen LogP contribution in [0.2, 0.25) is 0 Å². The van der Waals surface area contributed by atoms with E-state index in [1.807, 2.05) is 85.2 Å². The zero-order valence-corrected chi connectivity index (χ0v) is 30.8. The van der Waals surface area contributed by atoms with Crippen LogP contribution in [0.25, 0.3) is 22.2 Å². The van der Waals surface area contributed by atoms with Crippen molar-refractivity contribution in [2.24, 2.45) is 0 Å². The van der Waals surface area contributed by atoms with Crippen LogP contribution in [0, 0.1) is 0 Å². The van der Waals surface area contributed by atoms with Gasteiger partial charge in [0.25, 0.3) is 0 Å². The van der Waals surface area contributed by atoms with Crippen LogP contribution in [0.4, 0.5) is 11.4 Å². The van der Waals surface area contributed by atoms with Crippen LogP contribution < -0.4 is 16.4 Å². The third kappa shape index (κ3) is 9.85. The third-order valence-electron chi connectivity index (χ3n) is 9.99. The number of rotatable bonds is 15. The van der Waals surface area contributed by atoms with Crippen molar-refractivity contribution in [2.45, 2.75) is 76.7 Å². The Labute approximate surface area is 321 Å². The molecule has 0 radical (unpaired) electrons. The number of para-hydroxylation sites is 4. The van der Waals surface area contributed by atoms with E-state index in [1.54, 1.807) is 12.1 Å². The SMILES string of the molecule is Nc1ccccc1NC(=O)CCCCCC(=O)NCc1cccc(-c2cccc(C3OC(Cn4cnc5ccccc54)CC(c4ccc(CO)cc4)O3)c2)c1. The summed E-state index contributed by atoms with van der Waals surface area (Å²) in [4.78, 5) is 29.5. The zero-order valence-electron chi connectivity index (χ0n) is 30.8. The van der Waals surface area contributed by atoms with Gasteiger partial charge in [0.05, 0.1) is 54.1 Å². The van der Waals surface area contributed by atoms with Gasteiger partial charge in [0.2, 0.25) is 11.8 Å². The lowest BCUT2D eigenvalue weighted by Crippen LogP contribution is -2.32. The number of aliphatic hydroxyl groups is 1. The van der Waals surface area contributed by atoms with Crippen LogP contribution in [-0.4, -0.2) is 32.6 Å². The highest BCUT2D eigenvalue weighted by atomic mass is 16.7. The average molecular weight is 738 g/mol. The maximum Gasteiger partial charge on any atom is 0.224 e. The first-order valence-corrected chi connectivity index (χ1v) is 18.9. The first-order chi connectivity index (χ1) is 26.9. The summed E-state index contributed by atoms with van der Waals surface area (Å²) in [6.07, 6.45) is 4.55. The summed E-state index contributed by atoms with van der Waals surface area (Å²) in [6.45, 7) is 1.04. The minimum absolute atomic E-state index is 0.0101. The lowest BCUT2D eigenvalue weighted by atomic mass is 9.98. The number of nitrogens with one attached hydrogen (secondary N) is 2. The second-order valence-electron chi connectivity index (χ2n) is 14.0. The standard InChI is InChI=1S/C45H47N5O5/c46-38-14-4-5-15-39(38)49-44(53)19-3-1-2-18-43(52)47-27-32-10-8-11-34(24-32)35-12-9-13-36(25-35)45-54-37(28-50-30-48-40-16-6-7-17-41(40)50)26-42(55-45)33-22-20-31(29-51)21-23-33/h4-17,20-25,30,37,42,45,51H,1-3,18-19,26-29,46H2,(H,47,52)(H,49,53). The molecule has 7 rings (SSSR count). The molecule has 10 nitrogen and oxygen atoms in total. The number of anilines is 2. The molecule has 6 aromatic rings. The summed E-state index contributed by atoms with van der Waals surface area (Å²) in [5.41, 5.74) is 14.9. The quantitative estimate of drug-likeness (QED) is 0.0615. The Bertz CT molecular complexity index is 2220. The van der Waals surface area contributed by atoms with E-state index in [0.717, 1.165) is 50.8 Å². The van der Waals surface area contributed by atoms with E-state index in [2.05, 4.69) is 50.5 Å². The highest BCUT2D eigenvalue weighted by Crippen LogP contribution is 2.39. The summed E-state index contributed by atoms with van der Waals surface area (Å²) in [5, 5.41) is 15.5. The van der Waals surface area contributed by atoms with E-state index in [9.17, 15) is 14.7 Å². The molecule has 1 fully saturated rings. The molecule has 10 heteroatoms. The van der Waals surface area contributed by atoms with Crippen LogP contribution in [0.1, 0.15) is 73.2 Å². The van der Waals surface area contributed by atoms with Crippen LogP contribution in [0.5, 0.6) is 0 Å². The van der Waals surface area contributed by atoms with E-state index in [4.69, 9.17) is 15.2 Å². The van der Waals surface area contributed by atoms with E-state index in [1.165, 1.54) is 0 Å². The molecule has 3 atom stereocenters. The molecule has 0 saturated carbocycles. The highest BCUT2D eigenvalue weighted by Gasteiger charge is 2.33. The number of hydrogen-bond acceptors (Lipinski definition) is 7. The van der Waals surface area contributed by atoms with Gasteiger partial charge in [-0.25, -0.2) is 4.98 Å². The number of nitrogens with two attached hydrogens (primary N) is 1. The van der Waals surface area contributed by atoms with E-state index in [0.29, 0.717) is 56.6 Å². The maximum atomic E-state index is 12.7. The molecule has 1 aromatic heterocycles.